The predicted octanol–water partition coefficient (Wildman–Crippen LogP) is 3.82. The summed E-state index contributed by atoms with van der Waals surface area (Å²) in [5.74, 6) is 0.276. The first-order chi connectivity index (χ1) is 11.3. The van der Waals surface area contributed by atoms with Gasteiger partial charge in [0.2, 0.25) is 0 Å². The first-order valence-electron chi connectivity index (χ1n) is 7.17. The van der Waals surface area contributed by atoms with E-state index in [0.29, 0.717) is 34.5 Å². The van der Waals surface area contributed by atoms with Crippen LogP contribution in [0.4, 0.5) is 19.0 Å². The Kier molecular flexibility index (Phi) is 4.69. The molecule has 0 spiro atoms. The molecule has 24 heavy (non-hydrogen) atoms. The Hall–Kier alpha value is -1.80. The van der Waals surface area contributed by atoms with Gasteiger partial charge < -0.3 is 10.2 Å². The van der Waals surface area contributed by atoms with Crippen LogP contribution >= 0.6 is 22.9 Å². The van der Waals surface area contributed by atoms with Crippen molar-refractivity contribution < 1.29 is 18.0 Å². The number of alkyl halides is 3. The van der Waals surface area contributed by atoms with Crippen LogP contribution in [0.3, 0.4) is 0 Å². The number of carbonyl (C=O) groups excluding carboxylic acids is 1. The van der Waals surface area contributed by atoms with E-state index in [4.69, 9.17) is 11.6 Å². The van der Waals surface area contributed by atoms with Crippen LogP contribution in [0.1, 0.15) is 21.7 Å². The topological polar surface area (TPSA) is 45.2 Å². The molecule has 0 aliphatic carbocycles. The van der Waals surface area contributed by atoms with Gasteiger partial charge in [0.05, 0.1) is 14.8 Å². The highest BCUT2D eigenvalue weighted by Gasteiger charge is 2.31. The summed E-state index contributed by atoms with van der Waals surface area (Å²) in [6, 6.07) is 5.61. The smallest absolute Gasteiger partial charge is 0.354 e. The largest absolute Gasteiger partial charge is 0.417 e. The highest BCUT2D eigenvalue weighted by Crippen LogP contribution is 2.30. The van der Waals surface area contributed by atoms with Crippen molar-refractivity contribution in [3.63, 3.8) is 0 Å². The number of anilines is 1. The van der Waals surface area contributed by atoms with Crippen molar-refractivity contribution in [2.45, 2.75) is 18.6 Å². The molecule has 128 valence electrons. The molecule has 3 heterocycles. The zero-order valence-electron chi connectivity index (χ0n) is 12.3. The third kappa shape index (κ3) is 3.81. The van der Waals surface area contributed by atoms with E-state index in [1.54, 1.807) is 12.1 Å². The molecule has 4 nitrogen and oxygen atoms in total. The van der Waals surface area contributed by atoms with Gasteiger partial charge in [0.1, 0.15) is 5.82 Å². The third-order valence-corrected chi connectivity index (χ3v) is 4.95. The minimum absolute atomic E-state index is 0.0810. The molecular weight excluding hydrogens is 363 g/mol. The monoisotopic (exact) mass is 375 g/mol. The Balaban J connectivity index is 1.60. The van der Waals surface area contributed by atoms with Gasteiger partial charge in [0.15, 0.2) is 0 Å². The Morgan fingerprint density at radius 3 is 2.71 bits per heavy atom. The molecule has 0 bridgehead atoms. The fourth-order valence-corrected chi connectivity index (χ4v) is 3.47. The second-order valence-corrected chi connectivity index (χ2v) is 7.13. The maximum atomic E-state index is 12.6. The second-order valence-electron chi connectivity index (χ2n) is 5.41. The van der Waals surface area contributed by atoms with Gasteiger partial charge in [0.25, 0.3) is 5.91 Å². The summed E-state index contributed by atoms with van der Waals surface area (Å²) in [6.07, 6.45) is -2.86. The molecule has 1 aliphatic rings. The van der Waals surface area contributed by atoms with Gasteiger partial charge in [-0.05, 0) is 30.7 Å². The van der Waals surface area contributed by atoms with Crippen molar-refractivity contribution in [1.82, 2.24) is 10.3 Å². The summed E-state index contributed by atoms with van der Waals surface area (Å²) < 4.78 is 38.2. The minimum atomic E-state index is -4.39. The molecule has 1 N–H and O–H groups in total. The van der Waals surface area contributed by atoms with E-state index >= 15 is 0 Å². The minimum Gasteiger partial charge on any atom is -0.354 e. The number of thiophene rings is 1. The van der Waals surface area contributed by atoms with Crippen molar-refractivity contribution >= 4 is 34.7 Å². The standard InChI is InChI=1S/C15H13ClF3N3OS/c16-12-3-2-11(24-12)14(23)21-10-5-6-22(8-10)13-4-1-9(7-20-13)15(17,18)19/h1-4,7,10H,5-6,8H2,(H,21,23). The summed E-state index contributed by atoms with van der Waals surface area (Å²) in [5, 5.41) is 2.91. The molecule has 2 aromatic rings. The Morgan fingerprint density at radius 1 is 1.33 bits per heavy atom. The van der Waals surface area contributed by atoms with Crippen LogP contribution in [-0.4, -0.2) is 30.0 Å². The van der Waals surface area contributed by atoms with E-state index in [-0.39, 0.29) is 11.9 Å². The second kappa shape index (κ2) is 6.60. The highest BCUT2D eigenvalue weighted by molar-refractivity contribution is 7.18. The van der Waals surface area contributed by atoms with Crippen LogP contribution in [0.5, 0.6) is 0 Å². The molecule has 2 aromatic heterocycles. The van der Waals surface area contributed by atoms with Gasteiger partial charge >= 0.3 is 6.18 Å². The van der Waals surface area contributed by atoms with Crippen LogP contribution in [0.15, 0.2) is 30.5 Å². The molecule has 3 rings (SSSR count). The Morgan fingerprint density at radius 2 is 2.12 bits per heavy atom. The first kappa shape index (κ1) is 17.0. The average molecular weight is 376 g/mol. The number of amides is 1. The van der Waals surface area contributed by atoms with Crippen molar-refractivity contribution in [3.8, 4) is 0 Å². The number of halogens is 4. The molecule has 1 amide bonds. The van der Waals surface area contributed by atoms with E-state index in [1.807, 2.05) is 4.90 Å². The quantitative estimate of drug-likeness (QED) is 0.887. The van der Waals surface area contributed by atoms with Gasteiger partial charge in [-0.15, -0.1) is 11.3 Å². The lowest BCUT2D eigenvalue weighted by Crippen LogP contribution is -2.36. The van der Waals surface area contributed by atoms with Gasteiger partial charge in [-0.3, -0.25) is 4.79 Å². The van der Waals surface area contributed by atoms with Crippen molar-refractivity contribution in [2.75, 3.05) is 18.0 Å². The summed E-state index contributed by atoms with van der Waals surface area (Å²) >= 11 is 7.01. The third-order valence-electron chi connectivity index (χ3n) is 3.72. The molecular formula is C15H13ClF3N3OS. The molecule has 9 heteroatoms. The van der Waals surface area contributed by atoms with E-state index < -0.39 is 11.7 Å². The van der Waals surface area contributed by atoms with Gasteiger partial charge in [-0.25, -0.2) is 4.98 Å². The molecule has 1 aliphatic heterocycles. The van der Waals surface area contributed by atoms with Gasteiger partial charge in [-0.2, -0.15) is 13.2 Å². The SMILES string of the molecule is O=C(NC1CCN(c2ccc(C(F)(F)F)cn2)C1)c1ccc(Cl)s1. The van der Waals surface area contributed by atoms with Crippen LogP contribution in [0.2, 0.25) is 4.34 Å². The summed E-state index contributed by atoms with van der Waals surface area (Å²) in [6.45, 7) is 1.12. The van der Waals surface area contributed by atoms with Gasteiger partial charge in [-0.1, -0.05) is 11.6 Å². The van der Waals surface area contributed by atoms with Crippen molar-refractivity contribution in [1.29, 1.82) is 0 Å². The zero-order valence-corrected chi connectivity index (χ0v) is 13.9. The lowest BCUT2D eigenvalue weighted by Gasteiger charge is -2.18. The van der Waals surface area contributed by atoms with Crippen LogP contribution in [0.25, 0.3) is 0 Å². The summed E-state index contributed by atoms with van der Waals surface area (Å²) in [5.41, 5.74) is -0.773. The number of nitrogens with zero attached hydrogens (tertiary/aromatic N) is 2. The predicted molar refractivity (Wildman–Crippen MR) is 86.7 cm³/mol. The summed E-state index contributed by atoms with van der Waals surface area (Å²) in [7, 11) is 0. The summed E-state index contributed by atoms with van der Waals surface area (Å²) in [4.78, 5) is 18.4. The van der Waals surface area contributed by atoms with Crippen molar-refractivity contribution in [2.24, 2.45) is 0 Å². The van der Waals surface area contributed by atoms with E-state index in [9.17, 15) is 18.0 Å². The molecule has 1 unspecified atom stereocenters. The fourth-order valence-electron chi connectivity index (χ4n) is 2.52. The number of hydrogen-bond donors (Lipinski definition) is 1. The maximum absolute atomic E-state index is 12.6. The molecule has 0 aromatic carbocycles. The molecule has 0 saturated carbocycles. The van der Waals surface area contributed by atoms with E-state index in [2.05, 4.69) is 10.3 Å². The van der Waals surface area contributed by atoms with Crippen LogP contribution in [-0.2, 0) is 6.18 Å². The average Bonchev–Trinajstić information content (AvgIpc) is 3.16. The lowest BCUT2D eigenvalue weighted by atomic mass is 10.2. The molecule has 0 radical (unpaired) electrons. The molecule has 1 saturated heterocycles. The lowest BCUT2D eigenvalue weighted by molar-refractivity contribution is -0.137. The number of carbonyl (C=O) groups is 1. The van der Waals surface area contributed by atoms with Crippen LogP contribution in [0, 0.1) is 0 Å². The fraction of sp³-hybridized carbons (Fsp3) is 0.333. The number of nitrogens with one attached hydrogen (secondary N) is 1. The number of aromatic nitrogens is 1. The Bertz CT molecular complexity index is 732. The highest BCUT2D eigenvalue weighted by atomic mass is 35.5. The number of hydrogen-bond acceptors (Lipinski definition) is 4. The van der Waals surface area contributed by atoms with E-state index in [1.165, 1.54) is 17.4 Å². The number of rotatable bonds is 3. The number of pyridine rings is 1. The van der Waals surface area contributed by atoms with Crippen LogP contribution < -0.4 is 10.2 Å². The van der Waals surface area contributed by atoms with E-state index in [0.717, 1.165) is 12.3 Å². The normalized spacial score (nSPS) is 18.0. The zero-order chi connectivity index (χ0) is 17.3. The van der Waals surface area contributed by atoms with Gasteiger partial charge in [0, 0.05) is 25.3 Å². The maximum Gasteiger partial charge on any atom is 0.417 e. The molecule has 1 atom stereocenters. The Labute approximate surface area is 145 Å². The first-order valence-corrected chi connectivity index (χ1v) is 8.37. The van der Waals surface area contributed by atoms with Crippen molar-refractivity contribution in [3.05, 3.63) is 45.2 Å². The molecule has 1 fully saturated rings.